The number of ether oxygens (including phenoxy) is 1. The zero-order valence-corrected chi connectivity index (χ0v) is 13.1. The largest absolute Gasteiger partial charge is 0.508 e. The topological polar surface area (TPSA) is 55.5 Å². The molecule has 0 fully saturated rings. The molecule has 1 heterocycles. The predicted octanol–water partition coefficient (Wildman–Crippen LogP) is 4.88. The summed E-state index contributed by atoms with van der Waals surface area (Å²) < 4.78 is 11.2. The van der Waals surface area contributed by atoms with Gasteiger partial charge in [-0.3, -0.25) is 0 Å². The van der Waals surface area contributed by atoms with E-state index in [2.05, 4.69) is 4.98 Å². The van der Waals surface area contributed by atoms with Crippen molar-refractivity contribution < 1.29 is 14.3 Å². The zero-order valence-electron chi connectivity index (χ0n) is 13.1. The van der Waals surface area contributed by atoms with E-state index in [0.717, 1.165) is 22.4 Å². The summed E-state index contributed by atoms with van der Waals surface area (Å²) in [6.07, 6.45) is 0. The summed E-state index contributed by atoms with van der Waals surface area (Å²) in [6, 6.07) is 20.7. The van der Waals surface area contributed by atoms with Crippen LogP contribution in [0.1, 0.15) is 0 Å². The maximum absolute atomic E-state index is 9.53. The second-order valence-electron chi connectivity index (χ2n) is 5.45. The Bertz CT molecular complexity index is 1000. The quantitative estimate of drug-likeness (QED) is 0.585. The van der Waals surface area contributed by atoms with E-state index in [1.807, 2.05) is 48.5 Å². The average molecular weight is 317 g/mol. The van der Waals surface area contributed by atoms with Gasteiger partial charge in [0.05, 0.1) is 7.11 Å². The fourth-order valence-electron chi connectivity index (χ4n) is 2.71. The maximum Gasteiger partial charge on any atom is 0.227 e. The van der Waals surface area contributed by atoms with E-state index in [1.54, 1.807) is 25.3 Å². The highest BCUT2D eigenvalue weighted by Gasteiger charge is 2.10. The number of aromatic nitrogens is 1. The first-order valence-electron chi connectivity index (χ1n) is 7.58. The SMILES string of the molecule is COc1ccccc1-c1ccc(-c2nc3cc(O)ccc3o2)cc1. The number of methoxy groups -OCH3 is 1. The average Bonchev–Trinajstić information content (AvgIpc) is 3.05. The molecular formula is C20H15NO3. The lowest BCUT2D eigenvalue weighted by Crippen LogP contribution is -1.87. The van der Waals surface area contributed by atoms with Gasteiger partial charge >= 0.3 is 0 Å². The summed E-state index contributed by atoms with van der Waals surface area (Å²) in [5, 5.41) is 9.53. The Balaban J connectivity index is 1.72. The van der Waals surface area contributed by atoms with Crippen molar-refractivity contribution in [2.45, 2.75) is 0 Å². The molecule has 0 atom stereocenters. The fourth-order valence-corrected chi connectivity index (χ4v) is 2.71. The van der Waals surface area contributed by atoms with Crippen LogP contribution in [0.15, 0.2) is 71.1 Å². The van der Waals surface area contributed by atoms with E-state index in [4.69, 9.17) is 9.15 Å². The first-order chi connectivity index (χ1) is 11.7. The van der Waals surface area contributed by atoms with Crippen molar-refractivity contribution in [3.8, 4) is 34.1 Å². The van der Waals surface area contributed by atoms with Crippen molar-refractivity contribution in [2.24, 2.45) is 0 Å². The van der Waals surface area contributed by atoms with Gasteiger partial charge in [-0.2, -0.15) is 0 Å². The Labute approximate surface area is 139 Å². The number of aromatic hydroxyl groups is 1. The molecule has 0 saturated carbocycles. The molecule has 4 nitrogen and oxygen atoms in total. The van der Waals surface area contributed by atoms with Gasteiger partial charge in [0.2, 0.25) is 5.89 Å². The van der Waals surface area contributed by atoms with Crippen LogP contribution < -0.4 is 4.74 Å². The Morgan fingerprint density at radius 1 is 0.917 bits per heavy atom. The lowest BCUT2D eigenvalue weighted by atomic mass is 10.0. The number of phenolic OH excluding ortho intramolecular Hbond substituents is 1. The minimum atomic E-state index is 0.175. The van der Waals surface area contributed by atoms with Gasteiger partial charge in [-0.25, -0.2) is 4.98 Å². The van der Waals surface area contributed by atoms with Crippen molar-refractivity contribution in [1.29, 1.82) is 0 Å². The highest BCUT2D eigenvalue weighted by Crippen LogP contribution is 2.32. The number of hydrogen-bond acceptors (Lipinski definition) is 4. The molecule has 0 amide bonds. The van der Waals surface area contributed by atoms with E-state index in [-0.39, 0.29) is 5.75 Å². The molecule has 1 aromatic heterocycles. The number of rotatable bonds is 3. The van der Waals surface area contributed by atoms with E-state index in [9.17, 15) is 5.11 Å². The monoisotopic (exact) mass is 317 g/mol. The summed E-state index contributed by atoms with van der Waals surface area (Å²) in [5.41, 5.74) is 4.26. The summed E-state index contributed by atoms with van der Waals surface area (Å²) in [5.74, 6) is 1.54. The number of hydrogen-bond donors (Lipinski definition) is 1. The van der Waals surface area contributed by atoms with Crippen LogP contribution in [0.3, 0.4) is 0 Å². The minimum absolute atomic E-state index is 0.175. The van der Waals surface area contributed by atoms with Crippen molar-refractivity contribution in [1.82, 2.24) is 4.98 Å². The number of fused-ring (bicyclic) bond motifs is 1. The van der Waals surface area contributed by atoms with E-state index in [1.165, 1.54) is 0 Å². The third-order valence-electron chi connectivity index (χ3n) is 3.92. The van der Waals surface area contributed by atoms with E-state index >= 15 is 0 Å². The normalized spacial score (nSPS) is 10.9. The second-order valence-corrected chi connectivity index (χ2v) is 5.45. The van der Waals surface area contributed by atoms with Crippen LogP contribution in [0.4, 0.5) is 0 Å². The van der Waals surface area contributed by atoms with Crippen LogP contribution >= 0.6 is 0 Å². The number of para-hydroxylation sites is 1. The van der Waals surface area contributed by atoms with Gasteiger partial charge in [0, 0.05) is 17.2 Å². The molecule has 118 valence electrons. The van der Waals surface area contributed by atoms with Gasteiger partial charge in [0.15, 0.2) is 5.58 Å². The molecule has 4 heteroatoms. The standard InChI is InChI=1S/C20H15NO3/c1-23-18-5-3-2-4-16(18)13-6-8-14(9-7-13)20-21-17-12-15(22)10-11-19(17)24-20/h2-12,22H,1H3. The first kappa shape index (κ1) is 14.3. The smallest absolute Gasteiger partial charge is 0.227 e. The lowest BCUT2D eigenvalue weighted by molar-refractivity contribution is 0.416. The van der Waals surface area contributed by atoms with E-state index in [0.29, 0.717) is 17.0 Å². The van der Waals surface area contributed by atoms with Crippen LogP contribution in [0.25, 0.3) is 33.7 Å². The van der Waals surface area contributed by atoms with Crippen LogP contribution in [-0.2, 0) is 0 Å². The molecule has 1 N–H and O–H groups in total. The predicted molar refractivity (Wildman–Crippen MR) is 93.1 cm³/mol. The van der Waals surface area contributed by atoms with Gasteiger partial charge in [-0.15, -0.1) is 0 Å². The third kappa shape index (κ3) is 2.48. The van der Waals surface area contributed by atoms with Crippen molar-refractivity contribution >= 4 is 11.1 Å². The highest BCUT2D eigenvalue weighted by molar-refractivity contribution is 5.78. The Kier molecular flexibility index (Phi) is 3.43. The summed E-state index contributed by atoms with van der Waals surface area (Å²) >= 11 is 0. The Morgan fingerprint density at radius 2 is 1.67 bits per heavy atom. The number of phenols is 1. The molecule has 0 bridgehead atoms. The summed E-state index contributed by atoms with van der Waals surface area (Å²) in [6.45, 7) is 0. The molecule has 0 spiro atoms. The Hall–Kier alpha value is -3.27. The maximum atomic E-state index is 9.53. The molecule has 0 aliphatic rings. The molecule has 0 aliphatic carbocycles. The van der Waals surface area contributed by atoms with E-state index < -0.39 is 0 Å². The van der Waals surface area contributed by atoms with Crippen molar-refractivity contribution in [2.75, 3.05) is 7.11 Å². The van der Waals surface area contributed by atoms with Crippen molar-refractivity contribution in [3.63, 3.8) is 0 Å². The van der Waals surface area contributed by atoms with Gasteiger partial charge in [0.25, 0.3) is 0 Å². The molecule has 4 rings (SSSR count). The number of benzene rings is 3. The molecule has 3 aromatic carbocycles. The zero-order chi connectivity index (χ0) is 16.5. The number of nitrogens with zero attached hydrogens (tertiary/aromatic N) is 1. The van der Waals surface area contributed by atoms with Gasteiger partial charge in [0.1, 0.15) is 17.0 Å². The number of oxazole rings is 1. The summed E-state index contributed by atoms with van der Waals surface area (Å²) in [7, 11) is 1.67. The molecule has 0 aliphatic heterocycles. The van der Waals surface area contributed by atoms with Gasteiger partial charge in [-0.1, -0.05) is 30.3 Å². The molecule has 24 heavy (non-hydrogen) atoms. The fraction of sp³-hybridized carbons (Fsp3) is 0.0500. The molecular weight excluding hydrogens is 302 g/mol. The lowest BCUT2D eigenvalue weighted by Gasteiger charge is -2.08. The Morgan fingerprint density at radius 3 is 2.46 bits per heavy atom. The molecule has 4 aromatic rings. The van der Waals surface area contributed by atoms with Crippen LogP contribution in [-0.4, -0.2) is 17.2 Å². The minimum Gasteiger partial charge on any atom is -0.508 e. The van der Waals surface area contributed by atoms with Crippen molar-refractivity contribution in [3.05, 3.63) is 66.7 Å². The molecule has 0 saturated heterocycles. The van der Waals surface area contributed by atoms with Gasteiger partial charge in [-0.05, 0) is 35.9 Å². The van der Waals surface area contributed by atoms with Gasteiger partial charge < -0.3 is 14.3 Å². The molecule has 0 unspecified atom stereocenters. The third-order valence-corrected chi connectivity index (χ3v) is 3.92. The summed E-state index contributed by atoms with van der Waals surface area (Å²) in [4.78, 5) is 4.43. The van der Waals surface area contributed by atoms with Crippen LogP contribution in [0, 0.1) is 0 Å². The highest BCUT2D eigenvalue weighted by atomic mass is 16.5. The van der Waals surface area contributed by atoms with Crippen LogP contribution in [0.2, 0.25) is 0 Å². The first-order valence-corrected chi connectivity index (χ1v) is 7.58. The second kappa shape index (κ2) is 5.74. The van der Waals surface area contributed by atoms with Crippen LogP contribution in [0.5, 0.6) is 11.5 Å². The molecule has 0 radical (unpaired) electrons.